The normalized spacial score (nSPS) is 16.4. The molecule has 2 rings (SSSR count). The Labute approximate surface area is 126 Å². The number of nitrogens with one attached hydrogen (secondary N) is 1. The fourth-order valence-corrected chi connectivity index (χ4v) is 2.34. The van der Waals surface area contributed by atoms with Gasteiger partial charge < -0.3 is 15.2 Å². The number of hydrogen-bond acceptors (Lipinski definition) is 3. The van der Waals surface area contributed by atoms with Crippen molar-refractivity contribution in [2.45, 2.75) is 51.7 Å². The lowest BCUT2D eigenvalue weighted by molar-refractivity contribution is 0.0924. The van der Waals surface area contributed by atoms with Gasteiger partial charge in [-0.3, -0.25) is 4.79 Å². The lowest BCUT2D eigenvalue weighted by Gasteiger charge is -2.21. The van der Waals surface area contributed by atoms with Gasteiger partial charge in [0.15, 0.2) is 0 Å². The first-order valence-electron chi connectivity index (χ1n) is 7.60. The standard InChI is InChI=1S/C17H25NO3/c1-17(2,3)21-14-8-6-13(7-9-14)16(20)18-15(10-11-19)12-4-5-12/h6-9,12,15,19H,4-5,10-11H2,1-3H3,(H,18,20). The molecule has 116 valence electrons. The molecule has 1 aliphatic carbocycles. The number of amides is 1. The number of hydrogen-bond donors (Lipinski definition) is 2. The molecule has 1 aromatic carbocycles. The highest BCUT2D eigenvalue weighted by Crippen LogP contribution is 2.34. The maximum atomic E-state index is 12.2. The molecule has 0 saturated heterocycles. The van der Waals surface area contributed by atoms with Gasteiger partial charge in [-0.05, 0) is 70.2 Å². The second kappa shape index (κ2) is 6.48. The molecule has 21 heavy (non-hydrogen) atoms. The second-order valence-electron chi connectivity index (χ2n) is 6.67. The number of carbonyl (C=O) groups excluding carboxylic acids is 1. The first-order chi connectivity index (χ1) is 9.89. The van der Waals surface area contributed by atoms with Crippen LogP contribution in [0.3, 0.4) is 0 Å². The van der Waals surface area contributed by atoms with Gasteiger partial charge in [0, 0.05) is 18.2 Å². The summed E-state index contributed by atoms with van der Waals surface area (Å²) in [4.78, 5) is 12.2. The van der Waals surface area contributed by atoms with Crippen LogP contribution in [0.25, 0.3) is 0 Å². The molecule has 4 heteroatoms. The molecule has 0 spiro atoms. The van der Waals surface area contributed by atoms with Crippen molar-refractivity contribution >= 4 is 5.91 Å². The zero-order chi connectivity index (χ0) is 15.5. The van der Waals surface area contributed by atoms with Crippen LogP contribution in [0.2, 0.25) is 0 Å². The van der Waals surface area contributed by atoms with Crippen molar-refractivity contribution < 1.29 is 14.6 Å². The van der Waals surface area contributed by atoms with Crippen LogP contribution in [-0.4, -0.2) is 29.3 Å². The van der Waals surface area contributed by atoms with E-state index in [1.807, 2.05) is 32.9 Å². The molecule has 0 aromatic heterocycles. The Balaban J connectivity index is 1.95. The minimum Gasteiger partial charge on any atom is -0.488 e. The molecule has 1 unspecified atom stereocenters. The van der Waals surface area contributed by atoms with E-state index in [9.17, 15) is 4.79 Å². The third-order valence-corrected chi connectivity index (χ3v) is 3.49. The van der Waals surface area contributed by atoms with E-state index < -0.39 is 0 Å². The minimum atomic E-state index is -0.248. The molecule has 2 N–H and O–H groups in total. The number of benzene rings is 1. The Morgan fingerprint density at radius 2 is 1.95 bits per heavy atom. The average Bonchev–Trinajstić information content (AvgIpc) is 3.21. The van der Waals surface area contributed by atoms with Crippen LogP contribution < -0.4 is 10.1 Å². The molecular weight excluding hydrogens is 266 g/mol. The third kappa shape index (κ3) is 5.05. The highest BCUT2D eigenvalue weighted by molar-refractivity contribution is 5.94. The summed E-state index contributed by atoms with van der Waals surface area (Å²) in [6, 6.07) is 7.28. The summed E-state index contributed by atoms with van der Waals surface area (Å²) >= 11 is 0. The van der Waals surface area contributed by atoms with Gasteiger partial charge in [0.2, 0.25) is 0 Å². The maximum absolute atomic E-state index is 12.2. The molecule has 0 aliphatic heterocycles. The van der Waals surface area contributed by atoms with E-state index in [2.05, 4.69) is 5.32 Å². The summed E-state index contributed by atoms with van der Waals surface area (Å²) in [5.74, 6) is 1.21. The fourth-order valence-electron chi connectivity index (χ4n) is 2.34. The Morgan fingerprint density at radius 1 is 1.33 bits per heavy atom. The van der Waals surface area contributed by atoms with Gasteiger partial charge in [0.25, 0.3) is 5.91 Å². The monoisotopic (exact) mass is 291 g/mol. The van der Waals surface area contributed by atoms with E-state index in [1.165, 1.54) is 0 Å². The van der Waals surface area contributed by atoms with Crippen molar-refractivity contribution in [1.29, 1.82) is 0 Å². The van der Waals surface area contributed by atoms with E-state index in [0.29, 0.717) is 17.9 Å². The number of ether oxygens (including phenoxy) is 1. The molecule has 1 saturated carbocycles. The van der Waals surface area contributed by atoms with Gasteiger partial charge >= 0.3 is 0 Å². The van der Waals surface area contributed by atoms with Crippen LogP contribution in [0.4, 0.5) is 0 Å². The summed E-state index contributed by atoms with van der Waals surface area (Å²) in [6.45, 7) is 6.08. The molecule has 0 bridgehead atoms. The first kappa shape index (κ1) is 15.8. The van der Waals surface area contributed by atoms with Crippen molar-refractivity contribution in [1.82, 2.24) is 5.32 Å². The van der Waals surface area contributed by atoms with Crippen molar-refractivity contribution in [3.63, 3.8) is 0 Å². The van der Waals surface area contributed by atoms with Crippen LogP contribution in [0.1, 0.15) is 50.4 Å². The molecule has 1 aliphatic rings. The molecule has 0 heterocycles. The SMILES string of the molecule is CC(C)(C)Oc1ccc(C(=O)NC(CCO)C2CC2)cc1. The van der Waals surface area contributed by atoms with Crippen molar-refractivity contribution in [2.75, 3.05) is 6.61 Å². The zero-order valence-corrected chi connectivity index (χ0v) is 13.1. The molecule has 1 aromatic rings. The van der Waals surface area contributed by atoms with E-state index >= 15 is 0 Å². The molecule has 1 amide bonds. The van der Waals surface area contributed by atoms with Gasteiger partial charge in [-0.1, -0.05) is 0 Å². The summed E-state index contributed by atoms with van der Waals surface area (Å²) in [6.07, 6.45) is 2.91. The van der Waals surface area contributed by atoms with E-state index in [-0.39, 0.29) is 24.2 Å². The van der Waals surface area contributed by atoms with E-state index in [1.54, 1.807) is 12.1 Å². The van der Waals surface area contributed by atoms with Crippen molar-refractivity contribution in [2.24, 2.45) is 5.92 Å². The lowest BCUT2D eigenvalue weighted by Crippen LogP contribution is -2.37. The highest BCUT2D eigenvalue weighted by Gasteiger charge is 2.31. The Kier molecular flexibility index (Phi) is 4.88. The lowest BCUT2D eigenvalue weighted by atomic mass is 10.1. The molecule has 1 fully saturated rings. The first-order valence-corrected chi connectivity index (χ1v) is 7.60. The van der Waals surface area contributed by atoms with E-state index in [0.717, 1.165) is 18.6 Å². The fraction of sp³-hybridized carbons (Fsp3) is 0.588. The summed E-state index contributed by atoms with van der Waals surface area (Å²) in [7, 11) is 0. The summed E-state index contributed by atoms with van der Waals surface area (Å²) in [5.41, 5.74) is 0.377. The number of carbonyl (C=O) groups is 1. The quantitative estimate of drug-likeness (QED) is 0.847. The largest absolute Gasteiger partial charge is 0.488 e. The Bertz CT molecular complexity index is 472. The minimum absolute atomic E-state index is 0.0809. The molecule has 1 atom stereocenters. The predicted molar refractivity (Wildman–Crippen MR) is 82.5 cm³/mol. The summed E-state index contributed by atoms with van der Waals surface area (Å²) in [5, 5.41) is 12.1. The molecule has 0 radical (unpaired) electrons. The number of aliphatic hydroxyl groups is 1. The van der Waals surface area contributed by atoms with Crippen LogP contribution in [0, 0.1) is 5.92 Å². The molecule has 4 nitrogen and oxygen atoms in total. The van der Waals surface area contributed by atoms with Gasteiger partial charge in [-0.15, -0.1) is 0 Å². The zero-order valence-electron chi connectivity index (χ0n) is 13.1. The highest BCUT2D eigenvalue weighted by atomic mass is 16.5. The van der Waals surface area contributed by atoms with E-state index in [4.69, 9.17) is 9.84 Å². The van der Waals surface area contributed by atoms with Gasteiger partial charge in [-0.2, -0.15) is 0 Å². The summed E-state index contributed by atoms with van der Waals surface area (Å²) < 4.78 is 5.74. The van der Waals surface area contributed by atoms with Gasteiger partial charge in [0.1, 0.15) is 11.4 Å². The van der Waals surface area contributed by atoms with Crippen LogP contribution in [0.5, 0.6) is 5.75 Å². The van der Waals surface area contributed by atoms with Crippen LogP contribution in [0.15, 0.2) is 24.3 Å². The predicted octanol–water partition coefficient (Wildman–Crippen LogP) is 2.75. The maximum Gasteiger partial charge on any atom is 0.251 e. The Hall–Kier alpha value is -1.55. The van der Waals surface area contributed by atoms with Gasteiger partial charge in [0.05, 0.1) is 0 Å². The topological polar surface area (TPSA) is 58.6 Å². The number of rotatable bonds is 6. The van der Waals surface area contributed by atoms with Crippen LogP contribution in [-0.2, 0) is 0 Å². The van der Waals surface area contributed by atoms with Gasteiger partial charge in [-0.25, -0.2) is 0 Å². The van der Waals surface area contributed by atoms with Crippen molar-refractivity contribution in [3.8, 4) is 5.75 Å². The van der Waals surface area contributed by atoms with Crippen molar-refractivity contribution in [3.05, 3.63) is 29.8 Å². The Morgan fingerprint density at radius 3 is 2.43 bits per heavy atom. The average molecular weight is 291 g/mol. The third-order valence-electron chi connectivity index (χ3n) is 3.49. The number of aliphatic hydroxyl groups excluding tert-OH is 1. The molecular formula is C17H25NO3. The second-order valence-corrected chi connectivity index (χ2v) is 6.67. The smallest absolute Gasteiger partial charge is 0.251 e. The van der Waals surface area contributed by atoms with Crippen LogP contribution >= 0.6 is 0 Å².